The molecule has 0 saturated heterocycles. The Labute approximate surface area is 172 Å². The molecule has 0 unspecified atom stereocenters. The minimum absolute atomic E-state index is 0.179. The number of hydrogen-bond donors (Lipinski definition) is 0. The van der Waals surface area contributed by atoms with Gasteiger partial charge in [-0.25, -0.2) is 9.78 Å². The molecule has 0 aliphatic carbocycles. The summed E-state index contributed by atoms with van der Waals surface area (Å²) in [5, 5.41) is 9.55. The van der Waals surface area contributed by atoms with Crippen molar-refractivity contribution in [3.8, 4) is 6.07 Å². The third kappa shape index (κ3) is 5.27. The topological polar surface area (TPSA) is 83.3 Å². The number of nitriles is 1. The van der Waals surface area contributed by atoms with E-state index in [0.29, 0.717) is 10.7 Å². The molecule has 0 bridgehead atoms. The first kappa shape index (κ1) is 20.2. The number of rotatable bonds is 7. The minimum atomic E-state index is -0.985. The minimum Gasteiger partial charge on any atom is -0.449 e. The van der Waals surface area contributed by atoms with Crippen LogP contribution in [0.4, 0.5) is 5.69 Å². The lowest BCUT2D eigenvalue weighted by molar-refractivity contribution is -0.149. The number of para-hydroxylation sites is 2. The monoisotopic (exact) mass is 405 g/mol. The van der Waals surface area contributed by atoms with Gasteiger partial charge in [-0.3, -0.25) is 4.79 Å². The summed E-state index contributed by atoms with van der Waals surface area (Å²) < 4.78 is 6.30. The number of ether oxygens (including phenoxy) is 1. The van der Waals surface area contributed by atoms with Crippen LogP contribution in [0.3, 0.4) is 0 Å². The van der Waals surface area contributed by atoms with Crippen LogP contribution in [0.2, 0.25) is 0 Å². The molecule has 2 aromatic carbocycles. The molecule has 7 heteroatoms. The third-order valence-corrected chi connectivity index (χ3v) is 5.10. The zero-order chi connectivity index (χ0) is 20.6. The first-order valence-corrected chi connectivity index (χ1v) is 9.88. The highest BCUT2D eigenvalue weighted by atomic mass is 32.1. The number of carbonyl (C=O) groups excluding carboxylic acids is 2. The lowest BCUT2D eigenvalue weighted by Gasteiger charge is -2.24. The molecule has 0 radical (unpaired) electrons. The number of hydrogen-bond acceptors (Lipinski definition) is 6. The van der Waals surface area contributed by atoms with Crippen LogP contribution >= 0.6 is 11.3 Å². The van der Waals surface area contributed by atoms with Crippen LogP contribution in [-0.2, 0) is 14.3 Å². The van der Waals surface area contributed by atoms with E-state index in [9.17, 15) is 9.59 Å². The molecular formula is C22H19N3O3S. The van der Waals surface area contributed by atoms with Crippen molar-refractivity contribution >= 4 is 45.2 Å². The van der Waals surface area contributed by atoms with Gasteiger partial charge in [0.2, 0.25) is 0 Å². The fraction of sp³-hybridized carbons (Fsp3) is 0.182. The second-order valence-electron chi connectivity index (χ2n) is 6.17. The lowest BCUT2D eigenvalue weighted by atomic mass is 10.2. The van der Waals surface area contributed by atoms with Gasteiger partial charge in [-0.2, -0.15) is 5.26 Å². The number of thiazole rings is 1. The second-order valence-corrected chi connectivity index (χ2v) is 7.23. The molecule has 1 atom stereocenters. The Morgan fingerprint density at radius 1 is 1.21 bits per heavy atom. The second kappa shape index (κ2) is 9.62. The Morgan fingerprint density at radius 3 is 2.66 bits per heavy atom. The third-order valence-electron chi connectivity index (χ3n) is 4.09. The van der Waals surface area contributed by atoms with Gasteiger partial charge in [0.1, 0.15) is 5.01 Å². The van der Waals surface area contributed by atoms with Crippen LogP contribution in [0.1, 0.15) is 18.4 Å². The SMILES string of the molecule is C[C@H](OC(=O)/C=C/c1nc2ccccc2s1)C(=O)N(CCC#N)c1ccccc1. The summed E-state index contributed by atoms with van der Waals surface area (Å²) >= 11 is 1.46. The van der Waals surface area contributed by atoms with Crippen LogP contribution in [-0.4, -0.2) is 29.5 Å². The Morgan fingerprint density at radius 2 is 1.93 bits per heavy atom. The van der Waals surface area contributed by atoms with Gasteiger partial charge in [-0.1, -0.05) is 30.3 Å². The van der Waals surface area contributed by atoms with Crippen molar-refractivity contribution in [1.29, 1.82) is 5.26 Å². The average Bonchev–Trinajstić information content (AvgIpc) is 3.16. The van der Waals surface area contributed by atoms with Crippen molar-refractivity contribution in [1.82, 2.24) is 4.98 Å². The maximum atomic E-state index is 12.8. The van der Waals surface area contributed by atoms with E-state index in [1.54, 1.807) is 30.3 Å². The number of amides is 1. The zero-order valence-corrected chi connectivity index (χ0v) is 16.6. The summed E-state index contributed by atoms with van der Waals surface area (Å²) in [5.74, 6) is -1.01. The molecule has 0 fully saturated rings. The molecule has 1 aromatic heterocycles. The summed E-state index contributed by atoms with van der Waals surface area (Å²) in [4.78, 5) is 30.8. The standard InChI is InChI=1S/C22H19N3O3S/c1-16(22(27)25(15-7-14-23)17-8-3-2-4-9-17)28-21(26)13-12-20-24-18-10-5-6-11-19(18)29-20/h2-6,8-13,16H,7,15H2,1H3/b13-12+/t16-/m0/s1. The van der Waals surface area contributed by atoms with Gasteiger partial charge in [0.15, 0.2) is 6.10 Å². The van der Waals surface area contributed by atoms with E-state index in [1.807, 2.05) is 36.4 Å². The van der Waals surface area contributed by atoms with Crippen molar-refractivity contribution in [2.45, 2.75) is 19.4 Å². The molecule has 0 spiro atoms. The zero-order valence-electron chi connectivity index (χ0n) is 15.8. The largest absolute Gasteiger partial charge is 0.449 e. The lowest BCUT2D eigenvalue weighted by Crippen LogP contribution is -2.40. The molecule has 0 saturated carbocycles. The van der Waals surface area contributed by atoms with Gasteiger partial charge in [-0.05, 0) is 37.3 Å². The predicted octanol–water partition coefficient (Wildman–Crippen LogP) is 4.19. The van der Waals surface area contributed by atoms with Gasteiger partial charge in [0, 0.05) is 18.3 Å². The predicted molar refractivity (Wildman–Crippen MR) is 113 cm³/mol. The first-order valence-electron chi connectivity index (χ1n) is 9.06. The molecule has 0 aliphatic rings. The van der Waals surface area contributed by atoms with Crippen LogP contribution < -0.4 is 4.90 Å². The summed E-state index contributed by atoms with van der Waals surface area (Å²) in [5.41, 5.74) is 1.52. The van der Waals surface area contributed by atoms with Crippen molar-refractivity contribution in [2.75, 3.05) is 11.4 Å². The van der Waals surface area contributed by atoms with E-state index in [0.717, 1.165) is 10.2 Å². The Balaban J connectivity index is 1.65. The van der Waals surface area contributed by atoms with E-state index in [-0.39, 0.29) is 18.9 Å². The maximum Gasteiger partial charge on any atom is 0.331 e. The quantitative estimate of drug-likeness (QED) is 0.435. The molecule has 3 rings (SSSR count). The smallest absolute Gasteiger partial charge is 0.331 e. The van der Waals surface area contributed by atoms with E-state index in [2.05, 4.69) is 4.98 Å². The van der Waals surface area contributed by atoms with E-state index >= 15 is 0 Å². The number of fused-ring (bicyclic) bond motifs is 1. The molecule has 3 aromatic rings. The number of benzene rings is 2. The summed E-state index contributed by atoms with van der Waals surface area (Å²) in [6.07, 6.45) is 2.04. The molecule has 6 nitrogen and oxygen atoms in total. The normalized spacial score (nSPS) is 11.9. The fourth-order valence-electron chi connectivity index (χ4n) is 2.72. The van der Waals surface area contributed by atoms with Gasteiger partial charge in [0.25, 0.3) is 5.91 Å². The molecule has 29 heavy (non-hydrogen) atoms. The highest BCUT2D eigenvalue weighted by Crippen LogP contribution is 2.22. The molecular weight excluding hydrogens is 386 g/mol. The average molecular weight is 405 g/mol. The van der Waals surface area contributed by atoms with Crippen LogP contribution in [0.25, 0.3) is 16.3 Å². The van der Waals surface area contributed by atoms with Gasteiger partial charge >= 0.3 is 5.97 Å². The van der Waals surface area contributed by atoms with Crippen LogP contribution in [0.15, 0.2) is 60.7 Å². The first-order chi connectivity index (χ1) is 14.1. The van der Waals surface area contributed by atoms with Crippen molar-refractivity contribution in [2.24, 2.45) is 0 Å². The van der Waals surface area contributed by atoms with Crippen molar-refractivity contribution in [3.05, 3.63) is 65.7 Å². The highest BCUT2D eigenvalue weighted by Gasteiger charge is 2.24. The van der Waals surface area contributed by atoms with E-state index in [1.165, 1.54) is 29.2 Å². The number of carbonyl (C=O) groups is 2. The highest BCUT2D eigenvalue weighted by molar-refractivity contribution is 7.19. The molecule has 0 aliphatic heterocycles. The Bertz CT molecular complexity index is 1040. The number of aromatic nitrogens is 1. The summed E-state index contributed by atoms with van der Waals surface area (Å²) in [6, 6.07) is 18.7. The fourth-order valence-corrected chi connectivity index (χ4v) is 3.59. The summed E-state index contributed by atoms with van der Waals surface area (Å²) in [7, 11) is 0. The van der Waals surface area contributed by atoms with Crippen molar-refractivity contribution < 1.29 is 14.3 Å². The Hall–Kier alpha value is -3.50. The number of nitrogens with zero attached hydrogens (tertiary/aromatic N) is 3. The Kier molecular flexibility index (Phi) is 6.72. The van der Waals surface area contributed by atoms with Crippen LogP contribution in [0.5, 0.6) is 0 Å². The maximum absolute atomic E-state index is 12.8. The molecule has 0 N–H and O–H groups in total. The van der Waals surface area contributed by atoms with E-state index < -0.39 is 12.1 Å². The van der Waals surface area contributed by atoms with Crippen molar-refractivity contribution in [3.63, 3.8) is 0 Å². The van der Waals surface area contributed by atoms with Gasteiger partial charge in [0.05, 0.1) is 22.7 Å². The molecule has 1 amide bonds. The number of anilines is 1. The van der Waals surface area contributed by atoms with E-state index in [4.69, 9.17) is 10.00 Å². The van der Waals surface area contributed by atoms with Gasteiger partial charge < -0.3 is 9.64 Å². The van der Waals surface area contributed by atoms with Crippen LogP contribution in [0, 0.1) is 11.3 Å². The summed E-state index contributed by atoms with van der Waals surface area (Å²) in [6.45, 7) is 1.75. The molecule has 146 valence electrons. The van der Waals surface area contributed by atoms with Gasteiger partial charge in [-0.15, -0.1) is 11.3 Å². The number of esters is 1. The molecule has 1 heterocycles.